The van der Waals surface area contributed by atoms with E-state index in [1.165, 1.54) is 0 Å². The first-order chi connectivity index (χ1) is 1.73. The van der Waals surface area contributed by atoms with Gasteiger partial charge in [-0.05, 0) is 0 Å². The van der Waals surface area contributed by atoms with Crippen LogP contribution in [0.4, 0.5) is 0 Å². The van der Waals surface area contributed by atoms with E-state index in [-0.39, 0.29) is 49.4 Å². The van der Waals surface area contributed by atoms with Gasteiger partial charge in [0.2, 0.25) is 0 Å². The normalized spacial score (nSPS) is 6.80. The number of rotatable bonds is 0. The van der Waals surface area contributed by atoms with Gasteiger partial charge in [-0.1, -0.05) is 0 Å². The van der Waals surface area contributed by atoms with Gasteiger partial charge in [0, 0.05) is 60.4 Å². The Hall–Kier alpha value is 1.49. The van der Waals surface area contributed by atoms with Gasteiger partial charge < -0.3 is 13.0 Å². The third kappa shape index (κ3) is 30.0. The molecule has 0 spiro atoms. The minimum Gasteiger partial charge on any atom is -0.439 e. The second-order valence-electron chi connectivity index (χ2n) is 0.217. The molecule has 0 aromatic carbocycles. The van der Waals surface area contributed by atoms with Crippen molar-refractivity contribution in [1.29, 1.82) is 0 Å². The van der Waals surface area contributed by atoms with Crippen molar-refractivity contribution in [3.05, 3.63) is 0 Å². The van der Waals surface area contributed by atoms with Crippen molar-refractivity contribution in [2.24, 2.45) is 0 Å². The molecule has 0 atom stereocenters. The van der Waals surface area contributed by atoms with E-state index in [2.05, 4.69) is 0 Å². The van der Waals surface area contributed by atoms with E-state index < -0.39 is 11.0 Å². The van der Waals surface area contributed by atoms with Crippen LogP contribution in [-0.2, 0) is 19.4 Å². The summed E-state index contributed by atoms with van der Waals surface area (Å²) in [6.07, 6.45) is 0. The summed E-state index contributed by atoms with van der Waals surface area (Å²) in [5, 5.41) is 0. The molecule has 0 aliphatic carbocycles. The summed E-state index contributed by atoms with van der Waals surface area (Å²) in [6, 6.07) is 0. The Kier molecular flexibility index (Phi) is 10.7. The van der Waals surface area contributed by atoms with Gasteiger partial charge in [-0.2, -0.15) is 0 Å². The summed E-state index contributed by atoms with van der Waals surface area (Å²) in [6.45, 7) is 0. The maximum absolute atomic E-state index is 8.56. The molecule has 5 heteroatoms. The van der Waals surface area contributed by atoms with Gasteiger partial charge >= 0.3 is 0 Å². The van der Waals surface area contributed by atoms with Gasteiger partial charge in [0.15, 0.2) is 0 Å². The zero-order valence-electron chi connectivity index (χ0n) is 2.05. The Bertz CT molecular complexity index is 55.3. The molecule has 1 radical (unpaired) electrons. The average molecular weight is 233 g/mol. The molecule has 0 fully saturated rings. The first-order valence-electron chi connectivity index (χ1n) is 0.516. The van der Waals surface area contributed by atoms with E-state index in [4.69, 9.17) is 13.0 Å². The van der Waals surface area contributed by atoms with Crippen molar-refractivity contribution in [3.8, 4) is 0 Å². The van der Waals surface area contributed by atoms with Crippen LogP contribution in [0.1, 0.15) is 0 Å². The van der Waals surface area contributed by atoms with Gasteiger partial charge in [-0.15, -0.1) is 0 Å². The summed E-state index contributed by atoms with van der Waals surface area (Å²) >= 11 is 0. The summed E-state index contributed by atoms with van der Waals surface area (Å²) in [7, 11) is -2.86. The van der Waals surface area contributed by atoms with Crippen molar-refractivity contribution >= 4 is 11.0 Å². The first kappa shape index (κ1) is 9.71. The smallest absolute Gasteiger partial charge is 0.0495 e. The van der Waals surface area contributed by atoms with Gasteiger partial charge in [-0.25, -0.2) is 0 Å². The second-order valence-corrected chi connectivity index (χ2v) is 0.651. The zero-order chi connectivity index (χ0) is 3.58. The van der Waals surface area contributed by atoms with Crippen LogP contribution in [0.5, 0.6) is 0 Å². The van der Waals surface area contributed by atoms with Crippen LogP contribution in [-0.4, -0.2) is 4.55 Å². The number of hydrogen-bond donors (Lipinski definition) is 1. The third-order valence-electron chi connectivity index (χ3n) is 0. The molecular formula is HEuO3S-. The Morgan fingerprint density at radius 2 is 1.40 bits per heavy atom. The molecule has 5 heavy (non-hydrogen) atoms. The molecule has 0 saturated carbocycles. The quantitative estimate of drug-likeness (QED) is 0.357. The Labute approximate surface area is 72.1 Å². The zero-order valence-corrected chi connectivity index (χ0v) is 5.29. The molecule has 0 unspecified atom stereocenters. The maximum atomic E-state index is 8.56. The predicted molar refractivity (Wildman–Crippen MR) is 11.4 cm³/mol. The third-order valence-corrected chi connectivity index (χ3v) is 0. The van der Waals surface area contributed by atoms with Crippen LogP contribution >= 0.6 is 0 Å². The van der Waals surface area contributed by atoms with E-state index in [0.29, 0.717) is 0 Å². The second kappa shape index (κ2) is 5.49. The summed E-state index contributed by atoms with van der Waals surface area (Å²) in [5.41, 5.74) is 0. The van der Waals surface area contributed by atoms with Gasteiger partial charge in [-0.3, -0.25) is 0 Å². The summed E-state index contributed by atoms with van der Waals surface area (Å²) < 4.78 is 24.1. The minimum atomic E-state index is -2.86. The van der Waals surface area contributed by atoms with Crippen molar-refractivity contribution in [2.45, 2.75) is 0 Å². The molecule has 1 N–H and O–H groups in total. The van der Waals surface area contributed by atoms with Crippen LogP contribution in [0.25, 0.3) is 0 Å². The minimum absolute atomic E-state index is 0. The Morgan fingerprint density at radius 1 is 1.40 bits per heavy atom. The fourth-order valence-corrected chi connectivity index (χ4v) is 0. The van der Waals surface area contributed by atoms with Gasteiger partial charge in [0.25, 0.3) is 0 Å². The molecule has 0 heterocycles. The molecule has 0 rings (SSSR count). The fraction of sp³-hybridized carbons (Fsp3) is 0. The molecule has 0 aromatic rings. The van der Waals surface area contributed by atoms with Crippen molar-refractivity contribution in [2.75, 3.05) is 0 Å². The van der Waals surface area contributed by atoms with Crippen molar-refractivity contribution in [1.82, 2.24) is 0 Å². The largest absolute Gasteiger partial charge is 0.439 e. The van der Waals surface area contributed by atoms with Crippen molar-refractivity contribution < 1.29 is 62.3 Å². The van der Waals surface area contributed by atoms with Crippen LogP contribution in [0.2, 0.25) is 0 Å². The van der Waals surface area contributed by atoms with Gasteiger partial charge in [0.1, 0.15) is 0 Å². The Morgan fingerprint density at radius 3 is 1.40 bits per heavy atom. The molecule has 0 bridgehead atoms. The summed E-state index contributed by atoms with van der Waals surface area (Å²) in [4.78, 5) is 0. The molecule has 0 aliphatic rings. The van der Waals surface area contributed by atoms with E-state index in [9.17, 15) is 0 Å². The first-order valence-corrected chi connectivity index (χ1v) is 1.55. The maximum Gasteiger partial charge on any atom is 0.0495 e. The van der Waals surface area contributed by atoms with Crippen LogP contribution < -0.4 is 0 Å². The van der Waals surface area contributed by atoms with Gasteiger partial charge in [0.05, 0.1) is 0 Å². The molecule has 0 aliphatic heterocycles. The Balaban J connectivity index is 0. The van der Waals surface area contributed by atoms with E-state index in [0.717, 1.165) is 0 Å². The molecule has 0 saturated heterocycles. The van der Waals surface area contributed by atoms with Crippen molar-refractivity contribution in [3.63, 3.8) is 0 Å². The average Bonchev–Trinajstić information content (AvgIpc) is 0.811. The van der Waals surface area contributed by atoms with E-state index >= 15 is 0 Å². The fourth-order valence-electron chi connectivity index (χ4n) is 0. The molecular weight excluding hydrogens is 232 g/mol. The monoisotopic (exact) mass is 234 g/mol. The van der Waals surface area contributed by atoms with Crippen LogP contribution in [0.15, 0.2) is 0 Å². The SMILES string of the molecule is O=[S-](=O)O.[Eu]. The standard InChI is InChI=1S/Eu.HO3S/c;1-4(2)3/h;(H,1,2,3)/q;-1. The molecule has 3 nitrogen and oxygen atoms in total. The molecule has 33 valence electrons. The predicted octanol–water partition coefficient (Wildman–Crippen LogP) is -0.231. The van der Waals surface area contributed by atoms with E-state index in [1.807, 2.05) is 0 Å². The molecule has 0 amide bonds. The molecule has 0 aromatic heterocycles. The van der Waals surface area contributed by atoms with E-state index in [1.54, 1.807) is 0 Å². The number of hydrogen-bond acceptors (Lipinski definition) is 3. The summed E-state index contributed by atoms with van der Waals surface area (Å²) in [5.74, 6) is 0. The topological polar surface area (TPSA) is 54.4 Å². The van der Waals surface area contributed by atoms with Crippen LogP contribution in [0.3, 0.4) is 0 Å². The van der Waals surface area contributed by atoms with Crippen LogP contribution in [0, 0.1) is 49.4 Å².